The van der Waals surface area contributed by atoms with Gasteiger partial charge in [-0.3, -0.25) is 4.57 Å². The molecule has 6 aromatic rings. The molecule has 152 valence electrons. The molecule has 0 aliphatic rings. The maximum atomic E-state index is 10.0. The van der Waals surface area contributed by atoms with Crippen LogP contribution in [-0.2, 0) is 0 Å². The minimum atomic E-state index is -1.57. The Morgan fingerprint density at radius 3 is 2.12 bits per heavy atom. The van der Waals surface area contributed by atoms with Crippen LogP contribution < -0.4 is 5.46 Å². The molecule has 2 aromatic heterocycles. The highest BCUT2D eigenvalue weighted by atomic mass is 16.4. The second-order valence-corrected chi connectivity index (χ2v) is 7.72. The molecule has 32 heavy (non-hydrogen) atoms. The molecule has 0 fully saturated rings. The largest absolute Gasteiger partial charge is 0.489 e. The van der Waals surface area contributed by atoms with Crippen LogP contribution in [0.25, 0.3) is 49.9 Å². The van der Waals surface area contributed by atoms with Crippen LogP contribution in [-0.4, -0.2) is 31.7 Å². The summed E-state index contributed by atoms with van der Waals surface area (Å²) in [6.07, 6.45) is 0. The molecule has 0 amide bonds. The smallest absolute Gasteiger partial charge is 0.423 e. The van der Waals surface area contributed by atoms with Crippen molar-refractivity contribution >= 4 is 45.3 Å². The average molecular weight is 415 g/mol. The third-order valence-corrected chi connectivity index (χ3v) is 5.85. The number of hydrogen-bond donors (Lipinski definition) is 2. The number of rotatable bonds is 3. The lowest BCUT2D eigenvalue weighted by Gasteiger charge is -2.11. The Morgan fingerprint density at radius 1 is 0.625 bits per heavy atom. The van der Waals surface area contributed by atoms with E-state index in [0.29, 0.717) is 11.4 Å². The topological polar surface area (TPSA) is 71.2 Å². The molecular weight excluding hydrogens is 397 g/mol. The van der Waals surface area contributed by atoms with Crippen molar-refractivity contribution in [2.45, 2.75) is 0 Å². The van der Waals surface area contributed by atoms with E-state index in [1.165, 1.54) is 0 Å². The predicted molar refractivity (Wildman–Crippen MR) is 129 cm³/mol. The van der Waals surface area contributed by atoms with Crippen LogP contribution in [0.5, 0.6) is 0 Å². The van der Waals surface area contributed by atoms with Crippen molar-refractivity contribution in [1.29, 1.82) is 0 Å². The summed E-state index contributed by atoms with van der Waals surface area (Å²) < 4.78 is 2.00. The Labute approximate surface area is 184 Å². The number of nitrogens with zero attached hydrogens (tertiary/aromatic N) is 3. The fourth-order valence-electron chi connectivity index (χ4n) is 4.46. The van der Waals surface area contributed by atoms with Gasteiger partial charge in [0.1, 0.15) is 0 Å². The molecule has 0 saturated carbocycles. The zero-order valence-corrected chi connectivity index (χ0v) is 17.1. The minimum absolute atomic E-state index is 0.460. The molecule has 0 unspecified atom stereocenters. The summed E-state index contributed by atoms with van der Waals surface area (Å²) in [6.45, 7) is 0. The Morgan fingerprint density at radius 2 is 1.31 bits per heavy atom. The van der Waals surface area contributed by atoms with Gasteiger partial charge in [-0.25, -0.2) is 9.97 Å². The number of para-hydroxylation sites is 2. The van der Waals surface area contributed by atoms with Gasteiger partial charge in [0.25, 0.3) is 0 Å². The lowest BCUT2D eigenvalue weighted by molar-refractivity contribution is 0.426. The molecule has 0 spiro atoms. The van der Waals surface area contributed by atoms with Crippen LogP contribution in [0.4, 0.5) is 0 Å². The zero-order valence-electron chi connectivity index (χ0n) is 17.1. The van der Waals surface area contributed by atoms with Crippen molar-refractivity contribution < 1.29 is 10.0 Å². The van der Waals surface area contributed by atoms with Gasteiger partial charge in [0.2, 0.25) is 5.95 Å². The van der Waals surface area contributed by atoms with E-state index < -0.39 is 7.12 Å². The number of benzene rings is 4. The van der Waals surface area contributed by atoms with Crippen molar-refractivity contribution in [3.8, 4) is 17.2 Å². The Hall–Kier alpha value is -4.00. The first-order chi connectivity index (χ1) is 15.7. The highest BCUT2D eigenvalue weighted by Crippen LogP contribution is 2.32. The zero-order chi connectivity index (χ0) is 21.7. The maximum absolute atomic E-state index is 10.0. The Bertz CT molecular complexity index is 1610. The first kappa shape index (κ1) is 18.7. The van der Waals surface area contributed by atoms with Gasteiger partial charge in [-0.15, -0.1) is 0 Å². The standard InChI is InChI=1S/C26H18BN3O2/c31-27(32)20-13-8-16-23-24(20)19-12-5-7-15-22(19)30(23)26-28-21-14-6-4-11-18(21)25(29-26)17-9-2-1-3-10-17/h1-16,31-32H. The molecule has 0 radical (unpaired) electrons. The molecule has 2 N–H and O–H groups in total. The molecule has 6 rings (SSSR count). The molecule has 6 heteroatoms. The highest BCUT2D eigenvalue weighted by Gasteiger charge is 2.22. The van der Waals surface area contributed by atoms with Gasteiger partial charge in [-0.2, -0.15) is 0 Å². The first-order valence-corrected chi connectivity index (χ1v) is 10.4. The van der Waals surface area contributed by atoms with Gasteiger partial charge < -0.3 is 10.0 Å². The second kappa shape index (κ2) is 7.30. The predicted octanol–water partition coefficient (Wildman–Crippen LogP) is 4.07. The fraction of sp³-hybridized carbons (Fsp3) is 0. The molecule has 0 aliphatic heterocycles. The van der Waals surface area contributed by atoms with Crippen LogP contribution >= 0.6 is 0 Å². The fourth-order valence-corrected chi connectivity index (χ4v) is 4.46. The van der Waals surface area contributed by atoms with Crippen LogP contribution in [0.15, 0.2) is 97.1 Å². The van der Waals surface area contributed by atoms with E-state index in [-0.39, 0.29) is 0 Å². The van der Waals surface area contributed by atoms with E-state index in [4.69, 9.17) is 9.97 Å². The summed E-state index contributed by atoms with van der Waals surface area (Å²) in [7, 11) is -1.57. The summed E-state index contributed by atoms with van der Waals surface area (Å²) in [5, 5.41) is 22.7. The number of hydrogen-bond acceptors (Lipinski definition) is 4. The van der Waals surface area contributed by atoms with Gasteiger partial charge in [-0.1, -0.05) is 78.9 Å². The van der Waals surface area contributed by atoms with Gasteiger partial charge in [-0.05, 0) is 23.7 Å². The van der Waals surface area contributed by atoms with Crippen LogP contribution in [0, 0.1) is 0 Å². The van der Waals surface area contributed by atoms with Crippen molar-refractivity contribution in [3.63, 3.8) is 0 Å². The highest BCUT2D eigenvalue weighted by molar-refractivity contribution is 6.63. The van der Waals surface area contributed by atoms with Crippen LogP contribution in [0.3, 0.4) is 0 Å². The maximum Gasteiger partial charge on any atom is 0.489 e. The lowest BCUT2D eigenvalue weighted by Crippen LogP contribution is -2.30. The molecule has 5 nitrogen and oxygen atoms in total. The van der Waals surface area contributed by atoms with Crippen molar-refractivity contribution in [1.82, 2.24) is 14.5 Å². The van der Waals surface area contributed by atoms with Crippen molar-refractivity contribution in [2.75, 3.05) is 0 Å². The summed E-state index contributed by atoms with van der Waals surface area (Å²) >= 11 is 0. The average Bonchev–Trinajstić information content (AvgIpc) is 3.18. The molecule has 2 heterocycles. The van der Waals surface area contributed by atoms with E-state index in [0.717, 1.165) is 44.0 Å². The summed E-state index contributed by atoms with van der Waals surface area (Å²) in [5.74, 6) is 0.540. The van der Waals surface area contributed by atoms with Gasteiger partial charge in [0.05, 0.1) is 22.2 Å². The monoisotopic (exact) mass is 415 g/mol. The molecule has 4 aromatic carbocycles. The Balaban J connectivity index is 1.75. The molecule has 0 bridgehead atoms. The summed E-state index contributed by atoms with van der Waals surface area (Å²) in [4.78, 5) is 9.92. The van der Waals surface area contributed by atoms with Crippen molar-refractivity contribution in [2.24, 2.45) is 0 Å². The summed E-state index contributed by atoms with van der Waals surface area (Å²) in [6, 6.07) is 31.5. The quantitative estimate of drug-likeness (QED) is 0.428. The molecule has 0 saturated heterocycles. The number of aromatic nitrogens is 3. The lowest BCUT2D eigenvalue weighted by atomic mass is 9.77. The van der Waals surface area contributed by atoms with Gasteiger partial charge in [0, 0.05) is 21.7 Å². The van der Waals surface area contributed by atoms with E-state index in [1.54, 1.807) is 6.07 Å². The second-order valence-electron chi connectivity index (χ2n) is 7.72. The van der Waals surface area contributed by atoms with E-state index >= 15 is 0 Å². The third-order valence-electron chi connectivity index (χ3n) is 5.85. The van der Waals surface area contributed by atoms with Crippen LogP contribution in [0.1, 0.15) is 0 Å². The third kappa shape index (κ3) is 2.81. The molecular formula is C26H18BN3O2. The molecule has 0 aliphatic carbocycles. The SMILES string of the molecule is OB(O)c1cccc2c1c1ccccc1n2-c1nc(-c2ccccc2)c2ccccc2n1. The van der Waals surface area contributed by atoms with Gasteiger partial charge >= 0.3 is 7.12 Å². The normalized spacial score (nSPS) is 11.4. The minimum Gasteiger partial charge on any atom is -0.423 e. The summed E-state index contributed by atoms with van der Waals surface area (Å²) in [5.41, 5.74) is 4.91. The van der Waals surface area contributed by atoms with Crippen molar-refractivity contribution in [3.05, 3.63) is 97.1 Å². The van der Waals surface area contributed by atoms with E-state index in [1.807, 2.05) is 95.6 Å². The van der Waals surface area contributed by atoms with E-state index in [9.17, 15) is 10.0 Å². The van der Waals surface area contributed by atoms with E-state index in [2.05, 4.69) is 0 Å². The first-order valence-electron chi connectivity index (χ1n) is 10.4. The number of fused-ring (bicyclic) bond motifs is 4. The molecule has 0 atom stereocenters. The Kier molecular flexibility index (Phi) is 4.28. The van der Waals surface area contributed by atoms with Gasteiger partial charge in [0.15, 0.2) is 0 Å². The van der Waals surface area contributed by atoms with Crippen LogP contribution in [0.2, 0.25) is 0 Å².